The molecule has 0 amide bonds. The Kier molecular flexibility index (Phi) is 3.27. The fraction of sp³-hybridized carbons (Fsp3) is 0.231. The molecule has 3 nitrogen and oxygen atoms in total. The third-order valence-corrected chi connectivity index (χ3v) is 2.67. The first-order chi connectivity index (χ1) is 7.83. The van der Waals surface area contributed by atoms with E-state index in [2.05, 4.69) is 29.0 Å². The van der Waals surface area contributed by atoms with Crippen LogP contribution in [0, 0.1) is 0 Å². The molecule has 0 spiro atoms. The summed E-state index contributed by atoms with van der Waals surface area (Å²) >= 11 is 0. The first kappa shape index (κ1) is 10.8. The highest BCUT2D eigenvalue weighted by molar-refractivity contribution is 5.34. The van der Waals surface area contributed by atoms with Gasteiger partial charge in [0.1, 0.15) is 0 Å². The molecule has 16 heavy (non-hydrogen) atoms. The van der Waals surface area contributed by atoms with Crippen molar-refractivity contribution in [2.45, 2.75) is 19.4 Å². The third kappa shape index (κ3) is 2.09. The van der Waals surface area contributed by atoms with Crippen LogP contribution < -0.4 is 5.73 Å². The zero-order chi connectivity index (χ0) is 11.4. The molecule has 3 heteroatoms. The van der Waals surface area contributed by atoms with Gasteiger partial charge in [0.2, 0.25) is 0 Å². The van der Waals surface area contributed by atoms with Gasteiger partial charge in [-0.15, -0.1) is 0 Å². The predicted molar refractivity (Wildman–Crippen MR) is 63.9 cm³/mol. The highest BCUT2D eigenvalue weighted by Crippen LogP contribution is 2.21. The van der Waals surface area contributed by atoms with E-state index in [9.17, 15) is 0 Å². The van der Waals surface area contributed by atoms with E-state index >= 15 is 0 Å². The summed E-state index contributed by atoms with van der Waals surface area (Å²) in [5.74, 6) is 0. The van der Waals surface area contributed by atoms with Crippen molar-refractivity contribution in [1.82, 2.24) is 9.97 Å². The molecule has 0 saturated carbocycles. The molecule has 0 saturated heterocycles. The zero-order valence-corrected chi connectivity index (χ0v) is 9.30. The number of benzene rings is 1. The van der Waals surface area contributed by atoms with Gasteiger partial charge in [-0.3, -0.25) is 9.97 Å². The smallest absolute Gasteiger partial charge is 0.0799 e. The lowest BCUT2D eigenvalue weighted by Gasteiger charge is -2.14. The fourth-order valence-electron chi connectivity index (χ4n) is 1.79. The van der Waals surface area contributed by atoms with E-state index in [4.69, 9.17) is 5.73 Å². The van der Waals surface area contributed by atoms with E-state index in [0.29, 0.717) is 0 Å². The van der Waals surface area contributed by atoms with Gasteiger partial charge in [0.25, 0.3) is 0 Å². The van der Waals surface area contributed by atoms with Gasteiger partial charge in [-0.25, -0.2) is 0 Å². The van der Waals surface area contributed by atoms with Crippen LogP contribution in [-0.2, 0) is 6.42 Å². The van der Waals surface area contributed by atoms with Crippen molar-refractivity contribution in [1.29, 1.82) is 0 Å². The predicted octanol–water partition coefficient (Wildman–Crippen LogP) is 2.09. The highest BCUT2D eigenvalue weighted by atomic mass is 14.8. The molecule has 0 fully saturated rings. The van der Waals surface area contributed by atoms with E-state index in [0.717, 1.165) is 17.7 Å². The molecule has 2 N–H and O–H groups in total. The summed E-state index contributed by atoms with van der Waals surface area (Å²) in [4.78, 5) is 8.29. The molecule has 2 aromatic rings. The van der Waals surface area contributed by atoms with Gasteiger partial charge >= 0.3 is 0 Å². The molecule has 1 aromatic heterocycles. The van der Waals surface area contributed by atoms with Crippen molar-refractivity contribution in [3.05, 3.63) is 59.7 Å². The van der Waals surface area contributed by atoms with Gasteiger partial charge < -0.3 is 5.73 Å². The normalized spacial score (nSPS) is 12.4. The molecule has 0 aliphatic carbocycles. The number of rotatable bonds is 3. The minimum absolute atomic E-state index is 0.190. The molecule has 1 heterocycles. The Morgan fingerprint density at radius 3 is 2.75 bits per heavy atom. The summed E-state index contributed by atoms with van der Waals surface area (Å²) in [5.41, 5.74) is 9.39. The van der Waals surface area contributed by atoms with Gasteiger partial charge in [0.15, 0.2) is 0 Å². The average Bonchev–Trinajstić information content (AvgIpc) is 2.39. The SMILES string of the molecule is CCc1ccccc1C(N)c1cnccn1. The largest absolute Gasteiger partial charge is 0.319 e. The lowest BCUT2D eigenvalue weighted by Crippen LogP contribution is -2.15. The minimum atomic E-state index is -0.190. The summed E-state index contributed by atoms with van der Waals surface area (Å²) < 4.78 is 0. The molecule has 0 aliphatic rings. The molecule has 2 rings (SSSR count). The average molecular weight is 213 g/mol. The second kappa shape index (κ2) is 4.86. The molecule has 1 unspecified atom stereocenters. The maximum atomic E-state index is 6.19. The fourth-order valence-corrected chi connectivity index (χ4v) is 1.79. The number of aromatic nitrogens is 2. The van der Waals surface area contributed by atoms with Crippen LogP contribution in [0.15, 0.2) is 42.9 Å². The van der Waals surface area contributed by atoms with E-state index < -0.39 is 0 Å². The monoisotopic (exact) mass is 213 g/mol. The van der Waals surface area contributed by atoms with E-state index in [1.165, 1.54) is 5.56 Å². The van der Waals surface area contributed by atoms with Crippen LogP contribution in [0.5, 0.6) is 0 Å². The zero-order valence-electron chi connectivity index (χ0n) is 9.30. The summed E-state index contributed by atoms with van der Waals surface area (Å²) in [6.07, 6.45) is 6.02. The minimum Gasteiger partial charge on any atom is -0.319 e. The molecular formula is C13H15N3. The molecule has 1 atom stereocenters. The topological polar surface area (TPSA) is 51.8 Å². The van der Waals surface area contributed by atoms with Gasteiger partial charge in [-0.2, -0.15) is 0 Å². The molecule has 0 bridgehead atoms. The lowest BCUT2D eigenvalue weighted by atomic mass is 9.97. The number of hydrogen-bond acceptors (Lipinski definition) is 3. The van der Waals surface area contributed by atoms with Gasteiger partial charge in [-0.1, -0.05) is 31.2 Å². The Bertz CT molecular complexity index is 454. The highest BCUT2D eigenvalue weighted by Gasteiger charge is 2.12. The second-order valence-electron chi connectivity index (χ2n) is 3.66. The van der Waals surface area contributed by atoms with E-state index in [-0.39, 0.29) is 6.04 Å². The quantitative estimate of drug-likeness (QED) is 0.849. The first-order valence-corrected chi connectivity index (χ1v) is 5.42. The van der Waals surface area contributed by atoms with Crippen molar-refractivity contribution in [2.24, 2.45) is 5.73 Å². The molecule has 1 aromatic carbocycles. The first-order valence-electron chi connectivity index (χ1n) is 5.42. The molecule has 0 aliphatic heterocycles. The molecule has 82 valence electrons. The van der Waals surface area contributed by atoms with Crippen molar-refractivity contribution in [3.8, 4) is 0 Å². The van der Waals surface area contributed by atoms with E-state index in [1.807, 2.05) is 12.1 Å². The maximum absolute atomic E-state index is 6.19. The van der Waals surface area contributed by atoms with Crippen molar-refractivity contribution in [2.75, 3.05) is 0 Å². The summed E-state index contributed by atoms with van der Waals surface area (Å²) in [6, 6.07) is 8.00. The Balaban J connectivity index is 2.37. The molecule has 0 radical (unpaired) electrons. The Morgan fingerprint density at radius 2 is 2.06 bits per heavy atom. The number of hydrogen-bond donors (Lipinski definition) is 1. The standard InChI is InChI=1S/C13H15N3/c1-2-10-5-3-4-6-11(10)13(14)12-9-15-7-8-16-12/h3-9,13H,2,14H2,1H3. The van der Waals surface area contributed by atoms with Crippen LogP contribution in [0.1, 0.15) is 29.8 Å². The van der Waals surface area contributed by atoms with Crippen LogP contribution in [0.25, 0.3) is 0 Å². The number of nitrogens with two attached hydrogens (primary N) is 1. The van der Waals surface area contributed by atoms with E-state index in [1.54, 1.807) is 18.6 Å². The van der Waals surface area contributed by atoms with Gasteiger partial charge in [0.05, 0.1) is 17.9 Å². The Morgan fingerprint density at radius 1 is 1.25 bits per heavy atom. The number of nitrogens with zero attached hydrogens (tertiary/aromatic N) is 2. The lowest BCUT2D eigenvalue weighted by molar-refractivity contribution is 0.803. The van der Waals surface area contributed by atoms with Gasteiger partial charge in [-0.05, 0) is 17.5 Å². The van der Waals surface area contributed by atoms with Crippen LogP contribution >= 0.6 is 0 Å². The summed E-state index contributed by atoms with van der Waals surface area (Å²) in [5, 5.41) is 0. The summed E-state index contributed by atoms with van der Waals surface area (Å²) in [7, 11) is 0. The Labute approximate surface area is 95.4 Å². The number of aryl methyl sites for hydroxylation is 1. The van der Waals surface area contributed by atoms with Gasteiger partial charge in [0, 0.05) is 12.4 Å². The summed E-state index contributed by atoms with van der Waals surface area (Å²) in [6.45, 7) is 2.13. The van der Waals surface area contributed by atoms with Crippen LogP contribution in [-0.4, -0.2) is 9.97 Å². The second-order valence-corrected chi connectivity index (χ2v) is 3.66. The Hall–Kier alpha value is -1.74. The van der Waals surface area contributed by atoms with Crippen LogP contribution in [0.4, 0.5) is 0 Å². The molecular weight excluding hydrogens is 198 g/mol. The van der Waals surface area contributed by atoms with Crippen molar-refractivity contribution >= 4 is 0 Å². The van der Waals surface area contributed by atoms with Crippen LogP contribution in [0.3, 0.4) is 0 Å². The van der Waals surface area contributed by atoms with Crippen molar-refractivity contribution < 1.29 is 0 Å². The van der Waals surface area contributed by atoms with Crippen LogP contribution in [0.2, 0.25) is 0 Å². The maximum Gasteiger partial charge on any atom is 0.0799 e. The third-order valence-electron chi connectivity index (χ3n) is 2.67. The van der Waals surface area contributed by atoms with Crippen molar-refractivity contribution in [3.63, 3.8) is 0 Å².